The molecule has 2 fully saturated rings. The van der Waals surface area contributed by atoms with Crippen LogP contribution in [0.15, 0.2) is 0 Å². The average molecular weight is 686 g/mol. The summed E-state index contributed by atoms with van der Waals surface area (Å²) in [6.45, 7) is 5.71. The van der Waals surface area contributed by atoms with Crippen molar-refractivity contribution in [3.63, 3.8) is 0 Å². The first kappa shape index (κ1) is 40.2. The van der Waals surface area contributed by atoms with Crippen LogP contribution in [0.4, 0.5) is 17.6 Å². The standard InChI is InChI=1S/C29H47F4N5O9/c1-16(2)11-18(23(40)28(5)15-47-28)35-26(43)22(29(32,33)44-6)37-25(42)20(14-46-27(30)31)36-24(41)19(12-17(3)4)34-21(39)13-38-7-9-45-10-8-38/h16-20,22,27H,7-15H2,1-6H3,(H,34,39)(H,35,43)(H,36,41)(H,37,42)/t18-,19-,20-,22-,28+/m0/s1. The third kappa shape index (κ3) is 13.2. The minimum Gasteiger partial charge on any atom is -0.379 e. The van der Waals surface area contributed by atoms with Crippen molar-refractivity contribution in [2.75, 3.05) is 53.2 Å². The maximum absolute atomic E-state index is 14.9. The number of carbonyl (C=O) groups is 5. The monoisotopic (exact) mass is 685 g/mol. The first-order valence-corrected chi connectivity index (χ1v) is 15.4. The Morgan fingerprint density at radius 2 is 1.38 bits per heavy atom. The lowest BCUT2D eigenvalue weighted by molar-refractivity contribution is -0.238. The van der Waals surface area contributed by atoms with Gasteiger partial charge in [-0.3, -0.25) is 28.9 Å². The number of ether oxygens (including phenoxy) is 4. The van der Waals surface area contributed by atoms with Gasteiger partial charge in [0.2, 0.25) is 17.7 Å². The van der Waals surface area contributed by atoms with Gasteiger partial charge in [0.25, 0.3) is 5.91 Å². The zero-order valence-corrected chi connectivity index (χ0v) is 27.5. The van der Waals surface area contributed by atoms with Crippen LogP contribution < -0.4 is 21.3 Å². The third-order valence-corrected chi connectivity index (χ3v) is 7.45. The van der Waals surface area contributed by atoms with E-state index in [4.69, 9.17) is 9.47 Å². The van der Waals surface area contributed by atoms with E-state index in [0.29, 0.717) is 33.4 Å². The Labute approximate surface area is 271 Å². The highest BCUT2D eigenvalue weighted by Crippen LogP contribution is 2.30. The molecule has 2 aliphatic heterocycles. The van der Waals surface area contributed by atoms with E-state index >= 15 is 0 Å². The number of carbonyl (C=O) groups excluding carboxylic acids is 5. The molecular formula is C29H47F4N5O9. The molecule has 0 unspecified atom stereocenters. The summed E-state index contributed by atoms with van der Waals surface area (Å²) in [6, 6.07) is -7.28. The number of nitrogens with zero attached hydrogens (tertiary/aromatic N) is 1. The van der Waals surface area contributed by atoms with Gasteiger partial charge in [0, 0.05) is 20.2 Å². The molecule has 0 bridgehead atoms. The molecule has 0 aromatic rings. The lowest BCUT2D eigenvalue weighted by Gasteiger charge is -2.30. The Morgan fingerprint density at radius 1 is 0.851 bits per heavy atom. The van der Waals surface area contributed by atoms with Crippen LogP contribution >= 0.6 is 0 Å². The Kier molecular flexibility index (Phi) is 15.4. The van der Waals surface area contributed by atoms with E-state index in [1.165, 1.54) is 6.92 Å². The molecule has 2 rings (SSSR count). The minimum absolute atomic E-state index is 0.0537. The summed E-state index contributed by atoms with van der Waals surface area (Å²) >= 11 is 0. The summed E-state index contributed by atoms with van der Waals surface area (Å²) in [5.74, 6) is -5.40. The second-order valence-electron chi connectivity index (χ2n) is 12.6. The molecule has 14 nitrogen and oxygen atoms in total. The maximum atomic E-state index is 14.9. The molecule has 5 atom stereocenters. The van der Waals surface area contributed by atoms with Gasteiger partial charge in [-0.2, -0.15) is 17.6 Å². The highest BCUT2D eigenvalue weighted by Gasteiger charge is 2.52. The number of hydrogen-bond acceptors (Lipinski definition) is 10. The van der Waals surface area contributed by atoms with Gasteiger partial charge in [-0.25, -0.2) is 0 Å². The summed E-state index contributed by atoms with van der Waals surface area (Å²) in [4.78, 5) is 67.2. The first-order valence-electron chi connectivity index (χ1n) is 15.4. The number of epoxide rings is 1. The zero-order chi connectivity index (χ0) is 35.5. The minimum atomic E-state index is -4.35. The van der Waals surface area contributed by atoms with Crippen LogP contribution in [0.3, 0.4) is 0 Å². The molecule has 4 N–H and O–H groups in total. The summed E-state index contributed by atoms with van der Waals surface area (Å²) < 4.78 is 74.6. The van der Waals surface area contributed by atoms with Crippen LogP contribution in [0.5, 0.6) is 0 Å². The lowest BCUT2D eigenvalue weighted by atomic mass is 9.93. The summed E-state index contributed by atoms with van der Waals surface area (Å²) in [5.41, 5.74) is -1.21. The second-order valence-corrected chi connectivity index (χ2v) is 12.6. The van der Waals surface area contributed by atoms with E-state index < -0.39 is 78.5 Å². The van der Waals surface area contributed by atoms with Crippen molar-refractivity contribution in [2.45, 2.75) is 89.9 Å². The van der Waals surface area contributed by atoms with Crippen molar-refractivity contribution in [1.82, 2.24) is 26.2 Å². The second kappa shape index (κ2) is 18.0. The fourth-order valence-corrected chi connectivity index (χ4v) is 4.77. The van der Waals surface area contributed by atoms with E-state index in [1.807, 2.05) is 0 Å². The fraction of sp³-hybridized carbons (Fsp3) is 0.828. The number of morpholine rings is 1. The van der Waals surface area contributed by atoms with E-state index in [-0.39, 0.29) is 37.8 Å². The van der Waals surface area contributed by atoms with Crippen molar-refractivity contribution >= 4 is 29.4 Å². The summed E-state index contributed by atoms with van der Waals surface area (Å²) in [6.07, 6.45) is -4.22. The van der Waals surface area contributed by atoms with Crippen LogP contribution in [-0.4, -0.2) is 130 Å². The fourth-order valence-electron chi connectivity index (χ4n) is 4.77. The highest BCUT2D eigenvalue weighted by atomic mass is 19.3. The number of amides is 4. The van der Waals surface area contributed by atoms with E-state index in [2.05, 4.69) is 25.4 Å². The predicted octanol–water partition coefficient (Wildman–Crippen LogP) is 0.186. The smallest absolute Gasteiger partial charge is 0.379 e. The lowest BCUT2D eigenvalue weighted by Crippen LogP contribution is -2.64. The van der Waals surface area contributed by atoms with Crippen LogP contribution in [0.2, 0.25) is 0 Å². The number of hydrogen-bond donors (Lipinski definition) is 4. The van der Waals surface area contributed by atoms with Crippen LogP contribution in [0.1, 0.15) is 47.5 Å². The Bertz CT molecular complexity index is 1090. The normalized spacial score (nSPS) is 21.1. The third-order valence-electron chi connectivity index (χ3n) is 7.45. The van der Waals surface area contributed by atoms with Gasteiger partial charge in [-0.1, -0.05) is 27.7 Å². The molecule has 2 saturated heterocycles. The molecule has 0 aliphatic carbocycles. The predicted molar refractivity (Wildman–Crippen MR) is 157 cm³/mol. The van der Waals surface area contributed by atoms with Gasteiger partial charge in [0.05, 0.1) is 39.0 Å². The van der Waals surface area contributed by atoms with E-state index in [9.17, 15) is 41.5 Å². The summed E-state index contributed by atoms with van der Waals surface area (Å²) in [7, 11) is 0.567. The number of nitrogens with one attached hydrogen (secondary N) is 4. The topological polar surface area (TPSA) is 177 Å². The van der Waals surface area contributed by atoms with Gasteiger partial charge in [-0.15, -0.1) is 0 Å². The zero-order valence-electron chi connectivity index (χ0n) is 27.5. The van der Waals surface area contributed by atoms with E-state index in [0.717, 1.165) is 0 Å². The van der Waals surface area contributed by atoms with Crippen molar-refractivity contribution in [3.05, 3.63) is 0 Å². The first-order chi connectivity index (χ1) is 21.9. The number of ketones is 1. The number of methoxy groups -OCH3 is 1. The maximum Gasteiger partial charge on any atom is 0.384 e. The molecule has 0 saturated carbocycles. The molecule has 0 aromatic carbocycles. The number of halogens is 4. The van der Waals surface area contributed by atoms with Gasteiger partial charge in [0.1, 0.15) is 17.7 Å². The quantitative estimate of drug-likeness (QED) is 0.102. The molecule has 2 aliphatic rings. The van der Waals surface area contributed by atoms with Gasteiger partial charge in [0.15, 0.2) is 11.8 Å². The van der Waals surface area contributed by atoms with Crippen molar-refractivity contribution in [3.8, 4) is 0 Å². The highest BCUT2D eigenvalue weighted by molar-refractivity contribution is 5.99. The molecule has 18 heteroatoms. The Balaban J connectivity index is 2.25. The Morgan fingerprint density at radius 3 is 1.89 bits per heavy atom. The van der Waals surface area contributed by atoms with Crippen LogP contribution in [0.25, 0.3) is 0 Å². The molecule has 270 valence electrons. The number of rotatable bonds is 20. The number of alkyl halides is 4. The SMILES string of the molecule is COC(F)(F)[C@@H](NC(=O)[C@H](COC(F)F)NC(=O)[C@H](CC(C)C)NC(=O)CN1CCOCC1)C(=O)N[C@@H](CC(C)C)C(=O)[C@@]1(C)CO1. The van der Waals surface area contributed by atoms with Crippen LogP contribution in [-0.2, 0) is 42.9 Å². The van der Waals surface area contributed by atoms with Crippen molar-refractivity contribution < 1.29 is 60.5 Å². The molecule has 0 radical (unpaired) electrons. The van der Waals surface area contributed by atoms with E-state index in [1.54, 1.807) is 37.9 Å². The van der Waals surface area contributed by atoms with Crippen molar-refractivity contribution in [1.29, 1.82) is 0 Å². The van der Waals surface area contributed by atoms with Gasteiger partial charge >= 0.3 is 12.7 Å². The van der Waals surface area contributed by atoms with Gasteiger partial charge < -0.3 is 40.2 Å². The largest absolute Gasteiger partial charge is 0.384 e. The molecule has 4 amide bonds. The molecular weight excluding hydrogens is 638 g/mol. The molecule has 2 heterocycles. The van der Waals surface area contributed by atoms with Crippen molar-refractivity contribution in [2.24, 2.45) is 11.8 Å². The molecule has 47 heavy (non-hydrogen) atoms. The van der Waals surface area contributed by atoms with Gasteiger partial charge in [-0.05, 0) is 31.6 Å². The average Bonchev–Trinajstić information content (AvgIpc) is 3.74. The molecule has 0 aromatic heterocycles. The Hall–Kier alpha value is -2.93. The number of Topliss-reactive ketones (excluding diaryl/α,β-unsaturated/α-hetero) is 1. The summed E-state index contributed by atoms with van der Waals surface area (Å²) in [5, 5.41) is 8.70. The van der Waals surface area contributed by atoms with Crippen LogP contribution in [0, 0.1) is 11.8 Å². The molecule has 0 spiro atoms.